The van der Waals surface area contributed by atoms with E-state index in [9.17, 15) is 31.1 Å². The Morgan fingerprint density at radius 2 is 1.93 bits per heavy atom. The molecule has 1 amide bonds. The Bertz CT molecular complexity index is 920. The van der Waals surface area contributed by atoms with Gasteiger partial charge in [0.1, 0.15) is 23.9 Å². The van der Waals surface area contributed by atoms with Gasteiger partial charge in [-0.2, -0.15) is 0 Å². The Balaban J connectivity index is 1.69. The second-order valence-electron chi connectivity index (χ2n) is 6.57. The molecule has 164 valence electrons. The number of hydrogen-bond acceptors (Lipinski definition) is 6. The number of ether oxygens (including phenoxy) is 2. The first-order valence-electron chi connectivity index (χ1n) is 8.71. The highest BCUT2D eigenvalue weighted by Crippen LogP contribution is 2.29. The first kappa shape index (κ1) is 21.9. The third-order valence-electron chi connectivity index (χ3n) is 4.32. The van der Waals surface area contributed by atoms with Crippen LogP contribution in [0.25, 0.3) is 10.9 Å². The molecule has 30 heavy (non-hydrogen) atoms. The second-order valence-corrected chi connectivity index (χ2v) is 6.57. The van der Waals surface area contributed by atoms with E-state index in [2.05, 4.69) is 24.8 Å². The fraction of sp³-hybridized carbons (Fsp3) is 0.471. The van der Waals surface area contributed by atoms with Gasteiger partial charge in [0.05, 0.1) is 11.6 Å². The van der Waals surface area contributed by atoms with Crippen LogP contribution in [0.1, 0.15) is 13.3 Å². The minimum Gasteiger partial charge on any atom is -0.406 e. The summed E-state index contributed by atoms with van der Waals surface area (Å²) in [4.78, 5) is 21.7. The van der Waals surface area contributed by atoms with Crippen LogP contribution in [0.15, 0.2) is 24.5 Å². The van der Waals surface area contributed by atoms with E-state index in [1.54, 1.807) is 0 Å². The molecule has 0 aliphatic carbocycles. The van der Waals surface area contributed by atoms with Crippen LogP contribution in [0.2, 0.25) is 0 Å². The number of benzene rings is 1. The zero-order chi connectivity index (χ0) is 22.1. The van der Waals surface area contributed by atoms with Gasteiger partial charge in [-0.3, -0.25) is 9.53 Å². The van der Waals surface area contributed by atoms with Gasteiger partial charge in [-0.15, -0.1) is 26.3 Å². The maximum Gasteiger partial charge on any atom is 0.573 e. The largest absolute Gasteiger partial charge is 0.573 e. The molecule has 2 atom stereocenters. The Hall–Kier alpha value is -2.83. The number of rotatable bonds is 5. The molecule has 1 aliphatic heterocycles. The van der Waals surface area contributed by atoms with Gasteiger partial charge >= 0.3 is 12.7 Å². The molecule has 1 N–H and O–H groups in total. The van der Waals surface area contributed by atoms with Gasteiger partial charge in [0.2, 0.25) is 5.91 Å². The maximum absolute atomic E-state index is 12.5. The second kappa shape index (κ2) is 8.13. The predicted octanol–water partition coefficient (Wildman–Crippen LogP) is 3.47. The van der Waals surface area contributed by atoms with Gasteiger partial charge < -0.3 is 15.0 Å². The Morgan fingerprint density at radius 3 is 2.60 bits per heavy atom. The molecule has 1 saturated heterocycles. The highest BCUT2D eigenvalue weighted by molar-refractivity contribution is 5.92. The lowest BCUT2D eigenvalue weighted by atomic mass is 10.2. The Labute approximate surface area is 166 Å². The minimum absolute atomic E-state index is 0.0520. The van der Waals surface area contributed by atoms with Crippen LogP contribution in [0, 0.1) is 0 Å². The molecule has 7 nitrogen and oxygen atoms in total. The average molecular weight is 438 g/mol. The van der Waals surface area contributed by atoms with Crippen molar-refractivity contribution in [1.82, 2.24) is 14.9 Å². The van der Waals surface area contributed by atoms with Crippen molar-refractivity contribution in [3.05, 3.63) is 24.5 Å². The number of nitrogens with zero attached hydrogens (tertiary/aromatic N) is 3. The van der Waals surface area contributed by atoms with Crippen LogP contribution < -0.4 is 10.1 Å². The molecule has 2 aromatic rings. The van der Waals surface area contributed by atoms with Crippen LogP contribution in [0.3, 0.4) is 0 Å². The van der Waals surface area contributed by atoms with E-state index in [0.717, 1.165) is 18.5 Å². The van der Waals surface area contributed by atoms with Crippen molar-refractivity contribution < 1.29 is 40.6 Å². The number of alkyl halides is 6. The zero-order valence-corrected chi connectivity index (χ0v) is 15.4. The van der Waals surface area contributed by atoms with Gasteiger partial charge in [0.25, 0.3) is 0 Å². The minimum atomic E-state index is -4.86. The van der Waals surface area contributed by atoms with Gasteiger partial charge in [0.15, 0.2) is 0 Å². The first-order valence-corrected chi connectivity index (χ1v) is 8.71. The van der Waals surface area contributed by atoms with Crippen LogP contribution in [-0.2, 0) is 9.53 Å². The van der Waals surface area contributed by atoms with E-state index in [1.807, 2.05) is 0 Å². The topological polar surface area (TPSA) is 76.6 Å². The summed E-state index contributed by atoms with van der Waals surface area (Å²) in [7, 11) is 0. The molecule has 1 aromatic heterocycles. The monoisotopic (exact) mass is 438 g/mol. The third kappa shape index (κ3) is 5.62. The number of likely N-dealkylation sites (tertiary alicyclic amines) is 1. The van der Waals surface area contributed by atoms with Crippen molar-refractivity contribution in [2.24, 2.45) is 0 Å². The number of fused-ring (bicyclic) bond motifs is 1. The number of amides is 1. The predicted molar refractivity (Wildman–Crippen MR) is 91.4 cm³/mol. The summed E-state index contributed by atoms with van der Waals surface area (Å²) >= 11 is 0. The van der Waals surface area contributed by atoms with Crippen molar-refractivity contribution in [3.8, 4) is 5.75 Å². The molecule has 0 bridgehead atoms. The molecule has 3 rings (SSSR count). The van der Waals surface area contributed by atoms with Gasteiger partial charge in [0, 0.05) is 24.5 Å². The lowest BCUT2D eigenvalue weighted by Gasteiger charge is -2.22. The number of anilines is 1. The molecule has 0 radical (unpaired) electrons. The summed E-state index contributed by atoms with van der Waals surface area (Å²) in [5.41, 5.74) is 0.147. The maximum atomic E-state index is 12.5. The molecule has 13 heteroatoms. The number of carbonyl (C=O) groups excluding carboxylic acids is 1. The zero-order valence-electron chi connectivity index (χ0n) is 15.4. The summed E-state index contributed by atoms with van der Waals surface area (Å²) in [6.07, 6.45) is -9.61. The molecule has 1 fully saturated rings. The number of halogens is 6. The number of hydrogen-bond donors (Lipinski definition) is 1. The molecule has 0 saturated carbocycles. The van der Waals surface area contributed by atoms with Crippen molar-refractivity contribution in [1.29, 1.82) is 0 Å². The lowest BCUT2D eigenvalue weighted by molar-refractivity contribution is -0.340. The molecule has 0 unspecified atom stereocenters. The van der Waals surface area contributed by atoms with Crippen molar-refractivity contribution >= 4 is 22.6 Å². The quantitative estimate of drug-likeness (QED) is 0.721. The van der Waals surface area contributed by atoms with Crippen LogP contribution in [0.5, 0.6) is 5.75 Å². The van der Waals surface area contributed by atoms with E-state index >= 15 is 0 Å². The lowest BCUT2D eigenvalue weighted by Crippen LogP contribution is -2.41. The molecule has 0 spiro atoms. The van der Waals surface area contributed by atoms with Crippen molar-refractivity contribution in [2.45, 2.75) is 38.2 Å². The first-order chi connectivity index (χ1) is 13.9. The van der Waals surface area contributed by atoms with E-state index in [4.69, 9.17) is 0 Å². The fourth-order valence-corrected chi connectivity index (χ4v) is 3.10. The van der Waals surface area contributed by atoms with Crippen LogP contribution in [-0.4, -0.2) is 58.7 Å². The highest BCUT2D eigenvalue weighted by Gasteiger charge is 2.38. The summed E-state index contributed by atoms with van der Waals surface area (Å²) in [6, 6.07) is 2.59. The van der Waals surface area contributed by atoms with Crippen molar-refractivity contribution in [2.75, 3.05) is 18.4 Å². The normalized spacial score (nSPS) is 18.5. The molecule has 2 heterocycles. The summed E-state index contributed by atoms with van der Waals surface area (Å²) in [5, 5.41) is 3.16. The van der Waals surface area contributed by atoms with E-state index < -0.39 is 36.5 Å². The van der Waals surface area contributed by atoms with Gasteiger partial charge in [-0.05, 0) is 25.5 Å². The number of aromatic nitrogens is 2. The van der Waals surface area contributed by atoms with E-state index in [-0.39, 0.29) is 30.8 Å². The molecular formula is C17H16F6N4O3. The molecule has 1 aromatic carbocycles. The molecular weight excluding hydrogens is 422 g/mol. The van der Waals surface area contributed by atoms with Gasteiger partial charge in [-0.1, -0.05) is 0 Å². The van der Waals surface area contributed by atoms with Crippen LogP contribution in [0.4, 0.5) is 32.2 Å². The van der Waals surface area contributed by atoms with Crippen LogP contribution >= 0.6 is 0 Å². The Morgan fingerprint density at radius 1 is 1.20 bits per heavy atom. The fourth-order valence-electron chi connectivity index (χ4n) is 3.10. The standard InChI is InChI=1S/C17H16F6N4O3/c1-9(15(28)27-5-4-11(7-27)30-17(21,22)23)26-14-12-3-2-10(29-16(18,19)20)6-13(12)24-8-25-14/h2-3,6,8-9,11H,4-5,7H2,1H3,(H,24,25,26)/t9-,11+/m1/s1. The van der Waals surface area contributed by atoms with E-state index in [0.29, 0.717) is 5.39 Å². The Kier molecular flexibility index (Phi) is 5.92. The summed E-state index contributed by atoms with van der Waals surface area (Å²) in [5.74, 6) is -0.745. The highest BCUT2D eigenvalue weighted by atomic mass is 19.4. The molecule has 1 aliphatic rings. The smallest absolute Gasteiger partial charge is 0.406 e. The van der Waals surface area contributed by atoms with E-state index in [1.165, 1.54) is 17.9 Å². The summed E-state index contributed by atoms with van der Waals surface area (Å²) in [6.45, 7) is 1.40. The van der Waals surface area contributed by atoms with Crippen molar-refractivity contribution in [3.63, 3.8) is 0 Å². The van der Waals surface area contributed by atoms with Gasteiger partial charge in [-0.25, -0.2) is 9.97 Å². The third-order valence-corrected chi connectivity index (χ3v) is 4.32. The average Bonchev–Trinajstić information content (AvgIpc) is 3.06. The number of carbonyl (C=O) groups is 1. The SMILES string of the molecule is C[C@@H](Nc1ncnc2cc(OC(F)(F)F)ccc12)C(=O)N1CC[C@H](OC(F)(F)F)C1. The summed E-state index contributed by atoms with van der Waals surface area (Å²) < 4.78 is 81.9. The number of nitrogens with one attached hydrogen (secondary N) is 1.